The first-order chi connectivity index (χ1) is 7.51. The molecule has 0 fully saturated rings. The summed E-state index contributed by atoms with van der Waals surface area (Å²) in [7, 11) is -2.07. The van der Waals surface area contributed by atoms with E-state index in [9.17, 15) is 8.42 Å². The second-order valence-electron chi connectivity index (χ2n) is 3.08. The summed E-state index contributed by atoms with van der Waals surface area (Å²) in [6, 6.07) is 8.94. The molecule has 0 radical (unpaired) electrons. The van der Waals surface area contributed by atoms with Crippen LogP contribution in [0.2, 0.25) is 0 Å². The van der Waals surface area contributed by atoms with Gasteiger partial charge in [-0.2, -0.15) is 8.42 Å². The predicted molar refractivity (Wildman–Crippen MR) is 58.7 cm³/mol. The highest BCUT2D eigenvalue weighted by atomic mass is 32.2. The summed E-state index contributed by atoms with van der Waals surface area (Å²) in [5.74, 6) is 0.589. The molecule has 1 atom stereocenters. The number of benzene rings is 1. The van der Waals surface area contributed by atoms with Crippen molar-refractivity contribution in [2.24, 2.45) is 0 Å². The Morgan fingerprint density at radius 3 is 2.38 bits per heavy atom. The molecule has 0 aliphatic carbocycles. The lowest BCUT2D eigenvalue weighted by molar-refractivity contribution is -0.0769. The average molecular weight is 246 g/mol. The van der Waals surface area contributed by atoms with Crippen LogP contribution in [0, 0.1) is 0 Å². The summed E-state index contributed by atoms with van der Waals surface area (Å²) in [5, 5.41) is 0. The molecule has 0 bridgehead atoms. The SMILES string of the molecule is COC(COS(C)(=O)=O)Oc1ccccc1. The van der Waals surface area contributed by atoms with Crippen LogP contribution in [0.15, 0.2) is 30.3 Å². The van der Waals surface area contributed by atoms with Gasteiger partial charge in [0.25, 0.3) is 10.1 Å². The Labute approximate surface area is 95.1 Å². The Hall–Kier alpha value is -1.11. The molecule has 0 saturated carbocycles. The number of methoxy groups -OCH3 is 1. The molecule has 0 amide bonds. The van der Waals surface area contributed by atoms with Gasteiger partial charge in [-0.3, -0.25) is 4.18 Å². The van der Waals surface area contributed by atoms with Crippen molar-refractivity contribution in [3.63, 3.8) is 0 Å². The largest absolute Gasteiger partial charge is 0.462 e. The van der Waals surface area contributed by atoms with Crippen LogP contribution in [0.1, 0.15) is 0 Å². The molecule has 0 aromatic heterocycles. The van der Waals surface area contributed by atoms with Crippen molar-refractivity contribution in [1.82, 2.24) is 0 Å². The van der Waals surface area contributed by atoms with Crippen molar-refractivity contribution in [1.29, 1.82) is 0 Å². The molecule has 0 aliphatic rings. The Morgan fingerprint density at radius 1 is 1.25 bits per heavy atom. The molecule has 1 unspecified atom stereocenters. The molecular formula is C10H14O5S. The number of para-hydroxylation sites is 1. The highest BCUT2D eigenvalue weighted by Gasteiger charge is 2.12. The van der Waals surface area contributed by atoms with E-state index in [4.69, 9.17) is 9.47 Å². The van der Waals surface area contributed by atoms with Crippen molar-refractivity contribution in [3.8, 4) is 5.75 Å². The molecule has 1 aromatic rings. The monoisotopic (exact) mass is 246 g/mol. The predicted octanol–water partition coefficient (Wildman–Crippen LogP) is 1.01. The van der Waals surface area contributed by atoms with Gasteiger partial charge in [-0.25, -0.2) is 0 Å². The smallest absolute Gasteiger partial charge is 0.264 e. The number of rotatable bonds is 6. The molecule has 0 heterocycles. The Balaban J connectivity index is 2.50. The maximum atomic E-state index is 10.8. The van der Waals surface area contributed by atoms with E-state index in [0.717, 1.165) is 6.26 Å². The first kappa shape index (κ1) is 13.0. The minimum Gasteiger partial charge on any atom is -0.462 e. The van der Waals surface area contributed by atoms with Crippen LogP contribution in [0.25, 0.3) is 0 Å². The van der Waals surface area contributed by atoms with Crippen LogP contribution in [0.3, 0.4) is 0 Å². The molecule has 0 saturated heterocycles. The second-order valence-corrected chi connectivity index (χ2v) is 4.73. The maximum absolute atomic E-state index is 10.8. The number of hydrogen-bond acceptors (Lipinski definition) is 5. The fraction of sp³-hybridized carbons (Fsp3) is 0.400. The highest BCUT2D eigenvalue weighted by Crippen LogP contribution is 2.11. The van der Waals surface area contributed by atoms with E-state index >= 15 is 0 Å². The van der Waals surface area contributed by atoms with Crippen molar-refractivity contribution < 1.29 is 22.1 Å². The van der Waals surface area contributed by atoms with E-state index in [1.165, 1.54) is 7.11 Å². The van der Waals surface area contributed by atoms with Crippen LogP contribution < -0.4 is 4.74 Å². The number of ether oxygens (including phenoxy) is 2. The van der Waals surface area contributed by atoms with E-state index in [1.54, 1.807) is 24.3 Å². The standard InChI is InChI=1S/C10H14O5S/c1-13-10(8-14-16(2,11)12)15-9-6-4-3-5-7-9/h3-7,10H,8H2,1-2H3. The summed E-state index contributed by atoms with van der Waals surface area (Å²) >= 11 is 0. The van der Waals surface area contributed by atoms with Gasteiger partial charge in [-0.05, 0) is 12.1 Å². The first-order valence-electron chi connectivity index (χ1n) is 4.60. The third kappa shape index (κ3) is 5.11. The lowest BCUT2D eigenvalue weighted by atomic mass is 10.3. The van der Waals surface area contributed by atoms with Crippen LogP contribution in [0.5, 0.6) is 5.75 Å². The molecular weight excluding hydrogens is 232 g/mol. The summed E-state index contributed by atoms with van der Waals surface area (Å²) < 4.78 is 36.4. The summed E-state index contributed by atoms with van der Waals surface area (Å²) in [4.78, 5) is 0. The van der Waals surface area contributed by atoms with E-state index in [0.29, 0.717) is 5.75 Å². The third-order valence-electron chi connectivity index (χ3n) is 1.69. The van der Waals surface area contributed by atoms with Gasteiger partial charge in [0.05, 0.1) is 6.26 Å². The first-order valence-corrected chi connectivity index (χ1v) is 6.42. The minimum absolute atomic E-state index is 0.176. The molecule has 6 heteroatoms. The lowest BCUT2D eigenvalue weighted by Gasteiger charge is -2.16. The summed E-state index contributed by atoms with van der Waals surface area (Å²) in [5.41, 5.74) is 0. The van der Waals surface area contributed by atoms with Crippen molar-refractivity contribution in [2.45, 2.75) is 6.29 Å². The molecule has 5 nitrogen and oxygen atoms in total. The fourth-order valence-corrected chi connectivity index (χ4v) is 1.34. The van der Waals surface area contributed by atoms with Crippen molar-refractivity contribution >= 4 is 10.1 Å². The zero-order valence-corrected chi connectivity index (χ0v) is 9.94. The van der Waals surface area contributed by atoms with Crippen molar-refractivity contribution in [3.05, 3.63) is 30.3 Å². The van der Waals surface area contributed by atoms with Gasteiger partial charge in [0.15, 0.2) is 0 Å². The van der Waals surface area contributed by atoms with Gasteiger partial charge in [0.1, 0.15) is 12.4 Å². The summed E-state index contributed by atoms with van der Waals surface area (Å²) in [6.45, 7) is -0.176. The van der Waals surface area contributed by atoms with E-state index in [2.05, 4.69) is 4.18 Å². The summed E-state index contributed by atoms with van der Waals surface area (Å²) in [6.07, 6.45) is 0.222. The zero-order valence-electron chi connectivity index (χ0n) is 9.12. The molecule has 16 heavy (non-hydrogen) atoms. The van der Waals surface area contributed by atoms with Gasteiger partial charge < -0.3 is 9.47 Å². The maximum Gasteiger partial charge on any atom is 0.264 e. The van der Waals surface area contributed by atoms with Gasteiger partial charge in [0.2, 0.25) is 6.29 Å². The van der Waals surface area contributed by atoms with E-state index < -0.39 is 16.4 Å². The fourth-order valence-electron chi connectivity index (χ4n) is 0.980. The average Bonchev–Trinajstić information content (AvgIpc) is 2.24. The molecule has 1 rings (SSSR count). The Morgan fingerprint density at radius 2 is 1.88 bits per heavy atom. The molecule has 0 spiro atoms. The van der Waals surface area contributed by atoms with Crippen LogP contribution in [0.4, 0.5) is 0 Å². The minimum atomic E-state index is -3.48. The number of hydrogen-bond donors (Lipinski definition) is 0. The second kappa shape index (κ2) is 5.83. The van der Waals surface area contributed by atoms with Crippen LogP contribution >= 0.6 is 0 Å². The zero-order chi connectivity index (χ0) is 12.0. The molecule has 0 aliphatic heterocycles. The molecule has 90 valence electrons. The quantitative estimate of drug-likeness (QED) is 0.554. The van der Waals surface area contributed by atoms with Crippen LogP contribution in [-0.2, 0) is 19.0 Å². The van der Waals surface area contributed by atoms with Crippen LogP contribution in [-0.4, -0.2) is 34.7 Å². The molecule has 0 N–H and O–H groups in total. The normalized spacial score (nSPS) is 13.4. The highest BCUT2D eigenvalue weighted by molar-refractivity contribution is 7.85. The molecule has 1 aromatic carbocycles. The van der Waals surface area contributed by atoms with Gasteiger partial charge in [-0.15, -0.1) is 0 Å². The van der Waals surface area contributed by atoms with Gasteiger partial charge in [-0.1, -0.05) is 18.2 Å². The topological polar surface area (TPSA) is 61.8 Å². The van der Waals surface area contributed by atoms with Gasteiger partial charge in [0, 0.05) is 7.11 Å². The van der Waals surface area contributed by atoms with E-state index in [-0.39, 0.29) is 6.61 Å². The lowest BCUT2D eigenvalue weighted by Crippen LogP contribution is -2.26. The van der Waals surface area contributed by atoms with E-state index in [1.807, 2.05) is 6.07 Å². The Kier molecular flexibility index (Phi) is 4.72. The Bertz CT molecular complexity index is 400. The van der Waals surface area contributed by atoms with Crippen molar-refractivity contribution in [2.75, 3.05) is 20.0 Å². The van der Waals surface area contributed by atoms with Gasteiger partial charge >= 0.3 is 0 Å². The third-order valence-corrected chi connectivity index (χ3v) is 2.26.